The van der Waals surface area contributed by atoms with Gasteiger partial charge in [0, 0.05) is 62.2 Å². The van der Waals surface area contributed by atoms with Crippen LogP contribution >= 0.6 is 15.9 Å². The summed E-state index contributed by atoms with van der Waals surface area (Å²) in [6, 6.07) is 5.60. The Hall–Kier alpha value is -2.22. The Kier molecular flexibility index (Phi) is 5.58. The maximum Gasteiger partial charge on any atom is 0.225 e. The van der Waals surface area contributed by atoms with Crippen LogP contribution in [-0.4, -0.2) is 58.5 Å². The van der Waals surface area contributed by atoms with Gasteiger partial charge < -0.3 is 15.1 Å². The van der Waals surface area contributed by atoms with Gasteiger partial charge in [0.25, 0.3) is 0 Å². The number of hydrogen-bond acceptors (Lipinski definition) is 6. The van der Waals surface area contributed by atoms with E-state index in [9.17, 15) is 4.79 Å². The molecule has 1 aliphatic heterocycles. The lowest BCUT2D eigenvalue weighted by Crippen LogP contribution is -2.49. The van der Waals surface area contributed by atoms with Crippen LogP contribution in [0.5, 0.6) is 0 Å². The van der Waals surface area contributed by atoms with Crippen LogP contribution in [-0.2, 0) is 4.79 Å². The highest BCUT2D eigenvalue weighted by molar-refractivity contribution is 9.10. The maximum atomic E-state index is 12.3. The van der Waals surface area contributed by atoms with Crippen molar-refractivity contribution in [2.75, 3.05) is 42.9 Å². The van der Waals surface area contributed by atoms with Crippen molar-refractivity contribution in [3.63, 3.8) is 0 Å². The van der Waals surface area contributed by atoms with Gasteiger partial charge in [0.05, 0.1) is 0 Å². The number of piperazine rings is 1. The van der Waals surface area contributed by atoms with Crippen LogP contribution in [0.2, 0.25) is 0 Å². The first-order valence-corrected chi connectivity index (χ1v) is 8.67. The van der Waals surface area contributed by atoms with Crippen LogP contribution in [0.1, 0.15) is 6.42 Å². The summed E-state index contributed by atoms with van der Waals surface area (Å²) < 4.78 is 0.935. The average Bonchev–Trinajstić information content (AvgIpc) is 2.64. The number of hydrogen-bond donors (Lipinski definition) is 1. The maximum absolute atomic E-state index is 12.3. The lowest BCUT2D eigenvalue weighted by Gasteiger charge is -2.34. The fourth-order valence-electron chi connectivity index (χ4n) is 2.55. The molecule has 1 amide bonds. The molecule has 0 aromatic carbocycles. The Balaban J connectivity index is 1.41. The number of nitrogens with one attached hydrogen (secondary N) is 1. The van der Waals surface area contributed by atoms with E-state index in [2.05, 4.69) is 41.1 Å². The Morgan fingerprint density at radius 2 is 1.88 bits per heavy atom. The lowest BCUT2D eigenvalue weighted by molar-refractivity contribution is -0.131. The standard InChI is InChI=1S/C16H19BrN6O/c17-13-2-3-14(21-12-13)18-7-4-15(24)22-8-10-23(11-9-22)16-19-5-1-6-20-16/h1-3,5-6,12H,4,7-11H2,(H,18,21). The molecule has 3 heterocycles. The van der Waals surface area contributed by atoms with E-state index < -0.39 is 0 Å². The topological polar surface area (TPSA) is 74.2 Å². The summed E-state index contributed by atoms with van der Waals surface area (Å²) >= 11 is 3.35. The Bertz CT molecular complexity index is 658. The van der Waals surface area contributed by atoms with Gasteiger partial charge in [-0.3, -0.25) is 4.79 Å². The van der Waals surface area contributed by atoms with E-state index in [1.165, 1.54) is 0 Å². The van der Waals surface area contributed by atoms with Crippen molar-refractivity contribution >= 4 is 33.6 Å². The van der Waals surface area contributed by atoms with E-state index in [0.29, 0.717) is 26.1 Å². The summed E-state index contributed by atoms with van der Waals surface area (Å²) in [4.78, 5) is 29.0. The molecule has 0 spiro atoms. The summed E-state index contributed by atoms with van der Waals surface area (Å²) in [6.45, 7) is 3.51. The summed E-state index contributed by atoms with van der Waals surface area (Å²) in [7, 11) is 0. The molecular weight excluding hydrogens is 372 g/mol. The summed E-state index contributed by atoms with van der Waals surface area (Å²) in [6.07, 6.45) is 5.66. The van der Waals surface area contributed by atoms with E-state index in [0.717, 1.165) is 29.3 Å². The SMILES string of the molecule is O=C(CCNc1ccc(Br)cn1)N1CCN(c2ncccn2)CC1. The van der Waals surface area contributed by atoms with Gasteiger partial charge in [0.1, 0.15) is 5.82 Å². The van der Waals surface area contributed by atoms with Crippen LogP contribution < -0.4 is 10.2 Å². The van der Waals surface area contributed by atoms with Crippen molar-refractivity contribution in [2.24, 2.45) is 0 Å². The molecule has 2 aromatic rings. The predicted octanol–water partition coefficient (Wildman–Crippen LogP) is 1.78. The van der Waals surface area contributed by atoms with Crippen LogP contribution in [0.4, 0.5) is 11.8 Å². The molecule has 7 nitrogen and oxygen atoms in total. The normalized spacial score (nSPS) is 14.5. The van der Waals surface area contributed by atoms with Crippen LogP contribution in [0.25, 0.3) is 0 Å². The van der Waals surface area contributed by atoms with E-state index in [1.54, 1.807) is 24.7 Å². The van der Waals surface area contributed by atoms with Gasteiger partial charge in [-0.05, 0) is 34.1 Å². The number of amides is 1. The second kappa shape index (κ2) is 8.05. The zero-order chi connectivity index (χ0) is 16.8. The highest BCUT2D eigenvalue weighted by atomic mass is 79.9. The molecule has 2 aromatic heterocycles. The minimum atomic E-state index is 0.160. The van der Waals surface area contributed by atoms with Gasteiger partial charge in [-0.2, -0.15) is 0 Å². The largest absolute Gasteiger partial charge is 0.370 e. The Morgan fingerprint density at radius 1 is 1.12 bits per heavy atom. The number of nitrogens with zero attached hydrogens (tertiary/aromatic N) is 5. The Morgan fingerprint density at radius 3 is 2.54 bits per heavy atom. The van der Waals surface area contributed by atoms with Crippen molar-refractivity contribution in [1.29, 1.82) is 0 Å². The van der Waals surface area contributed by atoms with Gasteiger partial charge >= 0.3 is 0 Å². The van der Waals surface area contributed by atoms with Crippen molar-refractivity contribution in [2.45, 2.75) is 6.42 Å². The number of anilines is 2. The fourth-order valence-corrected chi connectivity index (χ4v) is 2.78. The smallest absolute Gasteiger partial charge is 0.225 e. The molecule has 1 aliphatic rings. The van der Waals surface area contributed by atoms with Crippen molar-refractivity contribution < 1.29 is 4.79 Å². The molecule has 8 heteroatoms. The van der Waals surface area contributed by atoms with E-state index in [-0.39, 0.29) is 5.91 Å². The first-order chi connectivity index (χ1) is 11.7. The number of carbonyl (C=O) groups excluding carboxylic acids is 1. The molecule has 0 saturated carbocycles. The van der Waals surface area contributed by atoms with E-state index >= 15 is 0 Å². The fraction of sp³-hybridized carbons (Fsp3) is 0.375. The van der Waals surface area contributed by atoms with Crippen LogP contribution in [0, 0.1) is 0 Å². The highest BCUT2D eigenvalue weighted by Gasteiger charge is 2.21. The minimum Gasteiger partial charge on any atom is -0.370 e. The second-order valence-corrected chi connectivity index (χ2v) is 6.37. The van der Waals surface area contributed by atoms with Crippen molar-refractivity contribution in [3.05, 3.63) is 41.3 Å². The van der Waals surface area contributed by atoms with Gasteiger partial charge in [-0.15, -0.1) is 0 Å². The molecule has 1 fully saturated rings. The second-order valence-electron chi connectivity index (χ2n) is 5.46. The number of halogens is 1. The van der Waals surface area contributed by atoms with Gasteiger partial charge in [0.2, 0.25) is 11.9 Å². The van der Waals surface area contributed by atoms with Crippen molar-refractivity contribution in [3.8, 4) is 0 Å². The van der Waals surface area contributed by atoms with E-state index in [1.807, 2.05) is 17.0 Å². The van der Waals surface area contributed by atoms with Crippen molar-refractivity contribution in [1.82, 2.24) is 19.9 Å². The lowest BCUT2D eigenvalue weighted by atomic mass is 10.3. The first-order valence-electron chi connectivity index (χ1n) is 7.87. The van der Waals surface area contributed by atoms with Gasteiger partial charge in [0.15, 0.2) is 0 Å². The monoisotopic (exact) mass is 390 g/mol. The number of carbonyl (C=O) groups is 1. The summed E-state index contributed by atoms with van der Waals surface area (Å²) in [5.74, 6) is 1.66. The zero-order valence-corrected chi connectivity index (χ0v) is 14.8. The number of aromatic nitrogens is 3. The third-order valence-electron chi connectivity index (χ3n) is 3.84. The molecule has 0 unspecified atom stereocenters. The molecular formula is C16H19BrN6O. The average molecular weight is 391 g/mol. The number of pyridine rings is 1. The zero-order valence-electron chi connectivity index (χ0n) is 13.2. The summed E-state index contributed by atoms with van der Waals surface area (Å²) in [5.41, 5.74) is 0. The highest BCUT2D eigenvalue weighted by Crippen LogP contribution is 2.12. The van der Waals surface area contributed by atoms with Gasteiger partial charge in [-0.1, -0.05) is 0 Å². The molecule has 0 aliphatic carbocycles. The summed E-state index contributed by atoms with van der Waals surface area (Å²) in [5, 5.41) is 3.17. The third-order valence-corrected chi connectivity index (χ3v) is 4.31. The Labute approximate surface area is 149 Å². The van der Waals surface area contributed by atoms with Gasteiger partial charge in [-0.25, -0.2) is 15.0 Å². The number of rotatable bonds is 5. The molecule has 0 radical (unpaired) electrons. The molecule has 1 N–H and O–H groups in total. The van der Waals surface area contributed by atoms with Crippen LogP contribution in [0.3, 0.4) is 0 Å². The molecule has 1 saturated heterocycles. The van der Waals surface area contributed by atoms with Crippen LogP contribution in [0.15, 0.2) is 41.3 Å². The first kappa shape index (κ1) is 16.6. The molecule has 0 bridgehead atoms. The molecule has 24 heavy (non-hydrogen) atoms. The minimum absolute atomic E-state index is 0.160. The predicted molar refractivity (Wildman–Crippen MR) is 95.9 cm³/mol. The van der Waals surface area contributed by atoms with E-state index in [4.69, 9.17) is 0 Å². The molecule has 126 valence electrons. The molecule has 3 rings (SSSR count). The third kappa shape index (κ3) is 4.41. The molecule has 0 atom stereocenters. The quantitative estimate of drug-likeness (QED) is 0.838.